The van der Waals surface area contributed by atoms with Crippen molar-refractivity contribution in [3.63, 3.8) is 0 Å². The molecule has 0 radical (unpaired) electrons. The van der Waals surface area contributed by atoms with E-state index in [-0.39, 0.29) is 16.2 Å². The van der Waals surface area contributed by atoms with Crippen LogP contribution in [0.1, 0.15) is 88.5 Å². The van der Waals surface area contributed by atoms with Crippen molar-refractivity contribution in [3.05, 3.63) is 162 Å². The van der Waals surface area contributed by atoms with E-state index in [1.807, 2.05) is 0 Å². The van der Waals surface area contributed by atoms with E-state index in [4.69, 9.17) is 0 Å². The molecule has 0 heterocycles. The maximum Gasteiger partial charge on any atom is 0.0465 e. The Morgan fingerprint density at radius 1 is 0.473 bits per heavy atom. The van der Waals surface area contributed by atoms with E-state index in [1.54, 1.807) is 11.1 Å². The first-order chi connectivity index (χ1) is 26.7. The van der Waals surface area contributed by atoms with Gasteiger partial charge in [-0.1, -0.05) is 131 Å². The number of hydrogen-bond donors (Lipinski definition) is 0. The van der Waals surface area contributed by atoms with Gasteiger partial charge in [0.15, 0.2) is 0 Å². The molecule has 2 bridgehead atoms. The van der Waals surface area contributed by atoms with E-state index < -0.39 is 0 Å². The van der Waals surface area contributed by atoms with Crippen molar-refractivity contribution < 1.29 is 0 Å². The summed E-state index contributed by atoms with van der Waals surface area (Å²) >= 11 is 0. The fourth-order valence-electron chi connectivity index (χ4n) is 14.0. The Kier molecular flexibility index (Phi) is 6.42. The molecule has 4 saturated carbocycles. The third kappa shape index (κ3) is 4.10. The van der Waals surface area contributed by atoms with Crippen LogP contribution < -0.4 is 4.90 Å². The molecule has 6 aromatic carbocycles. The van der Waals surface area contributed by atoms with Gasteiger partial charge in [0.25, 0.3) is 0 Å². The molecule has 1 heteroatoms. The third-order valence-corrected chi connectivity index (χ3v) is 16.4. The van der Waals surface area contributed by atoms with Gasteiger partial charge >= 0.3 is 0 Å². The van der Waals surface area contributed by atoms with Gasteiger partial charge < -0.3 is 4.90 Å². The number of fused-ring (bicyclic) bond motifs is 9. The van der Waals surface area contributed by atoms with E-state index in [0.717, 1.165) is 23.7 Å². The highest BCUT2D eigenvalue weighted by molar-refractivity contribution is 5.92. The summed E-state index contributed by atoms with van der Waals surface area (Å²) in [5.74, 6) is 3.36. The second-order valence-corrected chi connectivity index (χ2v) is 19.6. The third-order valence-electron chi connectivity index (χ3n) is 16.4. The predicted molar refractivity (Wildman–Crippen MR) is 228 cm³/mol. The van der Waals surface area contributed by atoms with Crippen LogP contribution in [0.2, 0.25) is 0 Å². The van der Waals surface area contributed by atoms with Gasteiger partial charge in [0.2, 0.25) is 0 Å². The van der Waals surface area contributed by atoms with E-state index in [9.17, 15) is 0 Å². The molecule has 6 aliphatic rings. The van der Waals surface area contributed by atoms with Gasteiger partial charge in [-0.3, -0.25) is 0 Å². The zero-order valence-corrected chi connectivity index (χ0v) is 32.8. The zero-order chi connectivity index (χ0) is 36.9. The Labute approximate surface area is 327 Å². The first-order valence-electron chi connectivity index (χ1n) is 21.1. The van der Waals surface area contributed by atoms with Gasteiger partial charge in [-0.15, -0.1) is 0 Å². The monoisotopic (exact) mass is 713 g/mol. The number of benzene rings is 6. The first-order valence-corrected chi connectivity index (χ1v) is 21.1. The normalized spacial score (nSPS) is 29.1. The predicted octanol–water partition coefficient (Wildman–Crippen LogP) is 14.2. The van der Waals surface area contributed by atoms with Gasteiger partial charge in [-0.2, -0.15) is 0 Å². The highest BCUT2D eigenvalue weighted by Crippen LogP contribution is 2.90. The lowest BCUT2D eigenvalue weighted by Crippen LogP contribution is -2.73. The minimum absolute atomic E-state index is 0.0868. The minimum atomic E-state index is 0.0868. The summed E-state index contributed by atoms with van der Waals surface area (Å²) in [7, 11) is 0. The lowest BCUT2D eigenvalue weighted by molar-refractivity contribution is -0.231. The lowest BCUT2D eigenvalue weighted by atomic mass is 9.26. The second kappa shape index (κ2) is 10.9. The average Bonchev–Trinajstić information content (AvgIpc) is 3.85. The second-order valence-electron chi connectivity index (χ2n) is 19.6. The summed E-state index contributed by atoms with van der Waals surface area (Å²) in [5.41, 5.74) is 19.3. The van der Waals surface area contributed by atoms with Crippen LogP contribution in [0.4, 0.5) is 17.1 Å². The topological polar surface area (TPSA) is 3.24 Å². The van der Waals surface area contributed by atoms with Crippen molar-refractivity contribution in [1.29, 1.82) is 0 Å². The van der Waals surface area contributed by atoms with E-state index in [2.05, 4.69) is 172 Å². The van der Waals surface area contributed by atoms with Crippen LogP contribution >= 0.6 is 0 Å². The Morgan fingerprint density at radius 2 is 1.07 bits per heavy atom. The Bertz CT molecular complexity index is 2530. The molecule has 0 saturated heterocycles. The number of nitrogens with zero attached hydrogens (tertiary/aromatic N) is 1. The van der Waals surface area contributed by atoms with Crippen LogP contribution in [0, 0.1) is 29.1 Å². The van der Waals surface area contributed by atoms with Crippen LogP contribution in [0.15, 0.2) is 140 Å². The highest BCUT2D eigenvalue weighted by Gasteiger charge is 2.84. The van der Waals surface area contributed by atoms with Gasteiger partial charge in [-0.05, 0) is 170 Å². The van der Waals surface area contributed by atoms with Gasteiger partial charge in [0.1, 0.15) is 0 Å². The van der Waals surface area contributed by atoms with Crippen molar-refractivity contribution in [3.8, 4) is 33.4 Å². The SMILES string of the molecule is CC1(C)CCC(C)(C)c2cc(N(c3ccc(-c4ccccc4)cc3)c3ccc4c(c3)C3(c5c(-c6ccccc6)cccc5-4)C4CC5CC6CC3C64C5)ccc21. The molecule has 0 N–H and O–H groups in total. The molecule has 0 aromatic heterocycles. The summed E-state index contributed by atoms with van der Waals surface area (Å²) < 4.78 is 0. The van der Waals surface area contributed by atoms with Crippen LogP contribution in [-0.4, -0.2) is 0 Å². The first kappa shape index (κ1) is 32.4. The van der Waals surface area contributed by atoms with E-state index in [0.29, 0.717) is 5.41 Å². The standard InChI is InChI=1S/C54H51N/c1-51(2)26-27-52(3,4)47-32-41(23-25-45(47)51)55(39-20-18-36(19-21-39)35-12-7-5-8-13-35)40-22-24-43-44-17-11-16-42(37-14-9-6-10-15-37)50(44)54(46(43)31-40)48-29-34-28-38-30-49(54)53(38,48)33-34/h5-25,31-32,34,38,48-49H,26-30,33H2,1-4H3. The molecule has 0 amide bonds. The Morgan fingerprint density at radius 3 is 1.80 bits per heavy atom. The average molecular weight is 714 g/mol. The van der Waals surface area contributed by atoms with E-state index in [1.165, 1.54) is 100 Å². The van der Waals surface area contributed by atoms with Gasteiger partial charge in [-0.25, -0.2) is 0 Å². The van der Waals surface area contributed by atoms with Crippen LogP contribution in [0.25, 0.3) is 33.4 Å². The Hall–Kier alpha value is -4.88. The molecule has 55 heavy (non-hydrogen) atoms. The number of rotatable bonds is 5. The maximum atomic E-state index is 2.68. The number of hydrogen-bond acceptors (Lipinski definition) is 1. The van der Waals surface area contributed by atoms with Crippen molar-refractivity contribution >= 4 is 17.1 Å². The summed E-state index contributed by atoms with van der Waals surface area (Å²) in [5, 5.41) is 0. The molecular formula is C54H51N. The quantitative estimate of drug-likeness (QED) is 0.172. The highest BCUT2D eigenvalue weighted by atomic mass is 15.1. The molecule has 12 rings (SSSR count). The van der Waals surface area contributed by atoms with Crippen LogP contribution in [0.5, 0.6) is 0 Å². The molecule has 6 unspecified atom stereocenters. The van der Waals surface area contributed by atoms with E-state index >= 15 is 0 Å². The molecule has 2 spiro atoms. The Balaban J connectivity index is 1.07. The molecule has 272 valence electrons. The van der Waals surface area contributed by atoms with Crippen molar-refractivity contribution in [2.45, 2.75) is 82.5 Å². The smallest absolute Gasteiger partial charge is 0.0465 e. The van der Waals surface area contributed by atoms with Crippen LogP contribution in [-0.2, 0) is 16.2 Å². The zero-order valence-electron chi connectivity index (χ0n) is 32.8. The number of anilines is 3. The summed E-state index contributed by atoms with van der Waals surface area (Å²) in [6, 6.07) is 53.7. The van der Waals surface area contributed by atoms with Crippen LogP contribution in [0.3, 0.4) is 0 Å². The fourth-order valence-corrected chi connectivity index (χ4v) is 14.0. The molecular weight excluding hydrogens is 663 g/mol. The largest absolute Gasteiger partial charge is 0.310 e. The molecule has 0 aliphatic heterocycles. The van der Waals surface area contributed by atoms with Crippen molar-refractivity contribution in [2.75, 3.05) is 4.90 Å². The molecule has 6 atom stereocenters. The molecule has 4 fully saturated rings. The molecule has 1 nitrogen and oxygen atoms in total. The fraction of sp³-hybridized carbons (Fsp3) is 0.333. The maximum absolute atomic E-state index is 2.68. The lowest BCUT2D eigenvalue weighted by Gasteiger charge is -2.76. The summed E-state index contributed by atoms with van der Waals surface area (Å²) in [4.78, 5) is 2.58. The minimum Gasteiger partial charge on any atom is -0.310 e. The van der Waals surface area contributed by atoms with Crippen molar-refractivity contribution in [2.24, 2.45) is 29.1 Å². The summed E-state index contributed by atoms with van der Waals surface area (Å²) in [6.45, 7) is 9.79. The summed E-state index contributed by atoms with van der Waals surface area (Å²) in [6.07, 6.45) is 8.20. The molecule has 6 aromatic rings. The van der Waals surface area contributed by atoms with Gasteiger partial charge in [0.05, 0.1) is 0 Å². The van der Waals surface area contributed by atoms with Gasteiger partial charge in [0, 0.05) is 22.5 Å². The van der Waals surface area contributed by atoms with Crippen molar-refractivity contribution in [1.82, 2.24) is 0 Å². The molecule has 6 aliphatic carbocycles.